The van der Waals surface area contributed by atoms with Crippen molar-refractivity contribution in [3.63, 3.8) is 0 Å². The number of carbonyl (C=O) groups excluding carboxylic acids is 2. The number of aliphatic hydroxyl groups is 1. The summed E-state index contributed by atoms with van der Waals surface area (Å²) in [5, 5.41) is 11.7. The molecule has 2 amide bonds. The molecule has 0 saturated carbocycles. The Kier molecular flexibility index (Phi) is 5.48. The van der Waals surface area contributed by atoms with Crippen LogP contribution in [0.15, 0.2) is 65.2 Å². The highest BCUT2D eigenvalue weighted by Crippen LogP contribution is 2.25. The minimum atomic E-state index is -4.10. The van der Waals surface area contributed by atoms with Crippen molar-refractivity contribution >= 4 is 27.6 Å². The molecule has 0 saturated heterocycles. The molecule has 0 aromatic heterocycles. The van der Waals surface area contributed by atoms with E-state index in [0.29, 0.717) is 11.3 Å². The number of nitrogens with zero attached hydrogens (tertiary/aromatic N) is 1. The number of para-hydroxylation sites is 1. The highest BCUT2D eigenvalue weighted by Gasteiger charge is 2.31. The average Bonchev–Trinajstić information content (AvgIpc) is 2.91. The molecule has 3 rings (SSSR count). The fourth-order valence-corrected chi connectivity index (χ4v) is 3.85. The number of carbonyl (C=O) groups is 2. The van der Waals surface area contributed by atoms with E-state index in [4.69, 9.17) is 9.29 Å². The van der Waals surface area contributed by atoms with Crippen LogP contribution >= 0.6 is 0 Å². The zero-order valence-corrected chi connectivity index (χ0v) is 15.8. The fourth-order valence-electron chi connectivity index (χ4n) is 2.66. The van der Waals surface area contributed by atoms with Crippen molar-refractivity contribution in [1.82, 2.24) is 4.90 Å². The van der Waals surface area contributed by atoms with Gasteiger partial charge in [-0.05, 0) is 36.8 Å². The van der Waals surface area contributed by atoms with Crippen molar-refractivity contribution in [2.24, 2.45) is 0 Å². The highest BCUT2D eigenvalue weighted by molar-refractivity contribution is 7.87. The van der Waals surface area contributed by atoms with E-state index in [1.54, 1.807) is 37.3 Å². The first-order valence-electron chi connectivity index (χ1n) is 8.37. The minimum absolute atomic E-state index is 0.00497. The predicted octanol–water partition coefficient (Wildman–Crippen LogP) is 1.42. The lowest BCUT2D eigenvalue weighted by molar-refractivity contribution is -0.137. The van der Waals surface area contributed by atoms with Crippen molar-refractivity contribution < 1.29 is 27.3 Å². The van der Waals surface area contributed by atoms with Crippen molar-refractivity contribution in [1.29, 1.82) is 0 Å². The van der Waals surface area contributed by atoms with Crippen LogP contribution in [-0.4, -0.2) is 43.4 Å². The standard InChI is InChI=1S/C19H18N2O6S/c1-13-7-8-14(20-16-12-18(23)21(9-10-22)19(16)24)11-17(13)28(25,26)27-15-5-3-2-4-6-15/h2-8,11-12,20,22H,9-10H2,1H3. The summed E-state index contributed by atoms with van der Waals surface area (Å²) >= 11 is 0. The zero-order chi connectivity index (χ0) is 20.3. The van der Waals surface area contributed by atoms with Gasteiger partial charge in [-0.15, -0.1) is 0 Å². The van der Waals surface area contributed by atoms with Crippen molar-refractivity contribution in [3.05, 3.63) is 65.9 Å². The first kappa shape index (κ1) is 19.6. The number of hydrogen-bond donors (Lipinski definition) is 2. The number of anilines is 1. The van der Waals surface area contributed by atoms with Crippen LogP contribution in [0.4, 0.5) is 5.69 Å². The van der Waals surface area contributed by atoms with Crippen molar-refractivity contribution in [2.75, 3.05) is 18.5 Å². The highest BCUT2D eigenvalue weighted by atomic mass is 32.2. The number of rotatable bonds is 7. The Morgan fingerprint density at radius 2 is 1.82 bits per heavy atom. The number of aryl methyl sites for hydroxylation is 1. The van der Waals surface area contributed by atoms with E-state index in [-0.39, 0.29) is 29.5 Å². The summed E-state index contributed by atoms with van der Waals surface area (Å²) in [7, 11) is -4.10. The average molecular weight is 402 g/mol. The number of aliphatic hydroxyl groups excluding tert-OH is 1. The predicted molar refractivity (Wildman–Crippen MR) is 101 cm³/mol. The second kappa shape index (κ2) is 7.83. The minimum Gasteiger partial charge on any atom is -0.395 e. The maximum Gasteiger partial charge on any atom is 0.339 e. The third kappa shape index (κ3) is 4.05. The van der Waals surface area contributed by atoms with Gasteiger partial charge in [0.1, 0.15) is 16.3 Å². The Balaban J connectivity index is 1.85. The lowest BCUT2D eigenvalue weighted by atomic mass is 10.2. The molecule has 1 aliphatic rings. The van der Waals surface area contributed by atoms with Crippen LogP contribution in [0.2, 0.25) is 0 Å². The van der Waals surface area contributed by atoms with Crippen LogP contribution in [0.1, 0.15) is 5.56 Å². The molecule has 0 unspecified atom stereocenters. The van der Waals surface area contributed by atoms with Gasteiger partial charge in [0.2, 0.25) is 0 Å². The summed E-state index contributed by atoms with van der Waals surface area (Å²) < 4.78 is 30.4. The molecule has 0 atom stereocenters. The molecule has 0 aliphatic carbocycles. The summed E-state index contributed by atoms with van der Waals surface area (Å²) in [6.45, 7) is 1.16. The molecule has 2 N–H and O–H groups in total. The third-order valence-corrected chi connectivity index (χ3v) is 5.41. The molecule has 0 spiro atoms. The zero-order valence-electron chi connectivity index (χ0n) is 15.0. The largest absolute Gasteiger partial charge is 0.395 e. The molecule has 2 aromatic rings. The van der Waals surface area contributed by atoms with E-state index < -0.39 is 21.9 Å². The maximum atomic E-state index is 12.6. The number of β-amino-alcohol motifs (C(OH)–C–C–N with tert-alkyl or cyclic N) is 1. The molecule has 9 heteroatoms. The van der Waals surface area contributed by atoms with Gasteiger partial charge in [-0.25, -0.2) is 0 Å². The molecule has 2 aromatic carbocycles. The lowest BCUT2D eigenvalue weighted by Crippen LogP contribution is -2.34. The van der Waals surface area contributed by atoms with E-state index in [1.165, 1.54) is 18.2 Å². The first-order valence-corrected chi connectivity index (χ1v) is 9.78. The topological polar surface area (TPSA) is 113 Å². The van der Waals surface area contributed by atoms with Crippen LogP contribution in [0.3, 0.4) is 0 Å². The molecule has 1 aliphatic heterocycles. The molecular formula is C19H18N2O6S. The van der Waals surface area contributed by atoms with Crippen LogP contribution in [0, 0.1) is 6.92 Å². The Hall–Kier alpha value is -3.17. The summed E-state index contributed by atoms with van der Waals surface area (Å²) in [6, 6.07) is 12.6. The summed E-state index contributed by atoms with van der Waals surface area (Å²) in [6.07, 6.45) is 1.10. The molecule has 0 radical (unpaired) electrons. The Bertz CT molecular complexity index is 1050. The Morgan fingerprint density at radius 3 is 2.50 bits per heavy atom. The van der Waals surface area contributed by atoms with Gasteiger partial charge in [-0.2, -0.15) is 8.42 Å². The first-order chi connectivity index (χ1) is 13.3. The fraction of sp³-hybridized carbons (Fsp3) is 0.158. The Labute approximate surface area is 162 Å². The van der Waals surface area contributed by atoms with Gasteiger partial charge in [0.05, 0.1) is 13.2 Å². The van der Waals surface area contributed by atoms with Gasteiger partial charge in [-0.1, -0.05) is 24.3 Å². The van der Waals surface area contributed by atoms with Gasteiger partial charge in [-0.3, -0.25) is 14.5 Å². The van der Waals surface area contributed by atoms with Gasteiger partial charge in [0.15, 0.2) is 0 Å². The van der Waals surface area contributed by atoms with Gasteiger partial charge >= 0.3 is 10.1 Å². The molecule has 28 heavy (non-hydrogen) atoms. The van der Waals surface area contributed by atoms with Crippen LogP contribution < -0.4 is 9.50 Å². The van der Waals surface area contributed by atoms with Crippen molar-refractivity contribution in [3.8, 4) is 5.75 Å². The van der Waals surface area contributed by atoms with Crippen LogP contribution in [0.25, 0.3) is 0 Å². The quantitative estimate of drug-likeness (QED) is 0.532. The molecule has 0 bridgehead atoms. The molecule has 0 fully saturated rings. The van der Waals surface area contributed by atoms with Crippen molar-refractivity contribution in [2.45, 2.75) is 11.8 Å². The van der Waals surface area contributed by atoms with Crippen LogP contribution in [0.5, 0.6) is 5.75 Å². The molecule has 146 valence electrons. The summed E-state index contributed by atoms with van der Waals surface area (Å²) in [5.74, 6) is -0.960. The summed E-state index contributed by atoms with van der Waals surface area (Å²) in [4.78, 5) is 24.9. The van der Waals surface area contributed by atoms with Gasteiger partial charge < -0.3 is 14.6 Å². The number of amides is 2. The Morgan fingerprint density at radius 1 is 1.11 bits per heavy atom. The molecule has 8 nitrogen and oxygen atoms in total. The number of benzene rings is 2. The number of hydrogen-bond acceptors (Lipinski definition) is 7. The van der Waals surface area contributed by atoms with Crippen LogP contribution in [-0.2, 0) is 19.7 Å². The molecule has 1 heterocycles. The van der Waals surface area contributed by atoms with Gasteiger partial charge in [0, 0.05) is 11.8 Å². The normalized spacial score (nSPS) is 14.2. The van der Waals surface area contributed by atoms with Gasteiger partial charge in [0.25, 0.3) is 11.8 Å². The second-order valence-corrected chi connectivity index (χ2v) is 7.55. The lowest BCUT2D eigenvalue weighted by Gasteiger charge is -2.14. The van der Waals surface area contributed by atoms with E-state index in [1.807, 2.05) is 0 Å². The monoisotopic (exact) mass is 402 g/mol. The molecular weight excluding hydrogens is 384 g/mol. The third-order valence-electron chi connectivity index (χ3n) is 4.02. The summed E-state index contributed by atoms with van der Waals surface area (Å²) in [5.41, 5.74) is 0.764. The van der Waals surface area contributed by atoms with E-state index >= 15 is 0 Å². The van der Waals surface area contributed by atoms with E-state index in [0.717, 1.165) is 11.0 Å². The number of nitrogens with one attached hydrogen (secondary N) is 1. The van der Waals surface area contributed by atoms with E-state index in [9.17, 15) is 18.0 Å². The SMILES string of the molecule is Cc1ccc(NC2=CC(=O)N(CCO)C2=O)cc1S(=O)(=O)Oc1ccccc1. The van der Waals surface area contributed by atoms with E-state index in [2.05, 4.69) is 5.32 Å². The number of imide groups is 1. The second-order valence-electron chi connectivity index (χ2n) is 6.03. The smallest absolute Gasteiger partial charge is 0.339 e. The maximum absolute atomic E-state index is 12.6.